The molecule has 2 heteroatoms. The number of nitrogens with one attached hydrogen (secondary N) is 1. The first-order valence-corrected chi connectivity index (χ1v) is 8.73. The standard InChI is InChI=1S/C19H23NS/c1-19(13-8-14-21-19)15-20-18(16-9-4-2-5-10-16)17-11-6-3-7-12-17/h2-7,9-12,18,20H,8,13-15H2,1H3. The first kappa shape index (κ1) is 14.7. The number of benzene rings is 2. The summed E-state index contributed by atoms with van der Waals surface area (Å²) in [4.78, 5) is 0. The molecule has 0 saturated carbocycles. The van der Waals surface area contributed by atoms with Crippen molar-refractivity contribution in [2.45, 2.75) is 30.6 Å². The minimum atomic E-state index is 0.283. The van der Waals surface area contributed by atoms with Gasteiger partial charge in [-0.1, -0.05) is 60.7 Å². The Morgan fingerprint density at radius 3 is 2.05 bits per heavy atom. The van der Waals surface area contributed by atoms with Crippen LogP contribution in [0.5, 0.6) is 0 Å². The molecule has 1 aliphatic heterocycles. The molecule has 1 aliphatic rings. The van der Waals surface area contributed by atoms with Gasteiger partial charge in [0.05, 0.1) is 6.04 Å². The van der Waals surface area contributed by atoms with E-state index in [0.717, 1.165) is 6.54 Å². The first-order valence-electron chi connectivity index (χ1n) is 7.74. The predicted molar refractivity (Wildman–Crippen MR) is 92.8 cm³/mol. The van der Waals surface area contributed by atoms with Crippen LogP contribution in [0.3, 0.4) is 0 Å². The molecular formula is C19H23NS. The van der Waals surface area contributed by atoms with Crippen LogP contribution in [0.4, 0.5) is 0 Å². The second kappa shape index (κ2) is 6.67. The molecule has 110 valence electrons. The molecule has 0 aromatic heterocycles. The van der Waals surface area contributed by atoms with Gasteiger partial charge in [0.1, 0.15) is 0 Å². The van der Waals surface area contributed by atoms with Crippen molar-refractivity contribution in [3.05, 3.63) is 71.8 Å². The van der Waals surface area contributed by atoms with Crippen molar-refractivity contribution in [3.8, 4) is 0 Å². The van der Waals surface area contributed by atoms with Crippen molar-refractivity contribution in [1.82, 2.24) is 5.32 Å². The van der Waals surface area contributed by atoms with Crippen molar-refractivity contribution in [1.29, 1.82) is 0 Å². The Balaban J connectivity index is 1.80. The van der Waals surface area contributed by atoms with Gasteiger partial charge in [-0.3, -0.25) is 0 Å². The zero-order valence-corrected chi connectivity index (χ0v) is 13.4. The van der Waals surface area contributed by atoms with Gasteiger partial charge in [0.15, 0.2) is 0 Å². The summed E-state index contributed by atoms with van der Waals surface area (Å²) < 4.78 is 0.391. The third-order valence-corrected chi connectivity index (χ3v) is 5.78. The fourth-order valence-corrected chi connectivity index (χ4v) is 4.27. The number of hydrogen-bond acceptors (Lipinski definition) is 2. The molecule has 0 spiro atoms. The van der Waals surface area contributed by atoms with Crippen molar-refractivity contribution in [2.75, 3.05) is 12.3 Å². The third kappa shape index (κ3) is 3.69. The summed E-state index contributed by atoms with van der Waals surface area (Å²) in [5.41, 5.74) is 2.69. The fourth-order valence-electron chi connectivity index (χ4n) is 3.01. The SMILES string of the molecule is CC1(CNC(c2ccccc2)c2ccccc2)CCCS1. The summed E-state index contributed by atoms with van der Waals surface area (Å²) >= 11 is 2.11. The Bertz CT molecular complexity index is 507. The minimum Gasteiger partial charge on any atom is -0.305 e. The molecule has 1 fully saturated rings. The second-order valence-electron chi connectivity index (χ2n) is 6.04. The number of thioether (sulfide) groups is 1. The molecule has 2 aromatic rings. The zero-order chi connectivity index (χ0) is 14.5. The molecule has 0 radical (unpaired) electrons. The summed E-state index contributed by atoms with van der Waals surface area (Å²) in [5.74, 6) is 1.31. The van der Waals surface area contributed by atoms with E-state index < -0.39 is 0 Å². The Hall–Kier alpha value is -1.25. The van der Waals surface area contributed by atoms with Gasteiger partial charge in [-0.2, -0.15) is 11.8 Å². The molecule has 21 heavy (non-hydrogen) atoms. The summed E-state index contributed by atoms with van der Waals surface area (Å²) in [6, 6.07) is 21.8. The fraction of sp³-hybridized carbons (Fsp3) is 0.368. The lowest BCUT2D eigenvalue weighted by Crippen LogP contribution is -2.35. The van der Waals surface area contributed by atoms with Crippen molar-refractivity contribution < 1.29 is 0 Å². The average Bonchev–Trinajstić information content (AvgIpc) is 2.97. The molecule has 1 saturated heterocycles. The van der Waals surface area contributed by atoms with Crippen LogP contribution in [0.1, 0.15) is 36.9 Å². The Labute approximate surface area is 132 Å². The molecule has 0 amide bonds. The monoisotopic (exact) mass is 297 g/mol. The van der Waals surface area contributed by atoms with E-state index in [9.17, 15) is 0 Å². The molecule has 1 nitrogen and oxygen atoms in total. The van der Waals surface area contributed by atoms with E-state index in [-0.39, 0.29) is 6.04 Å². The van der Waals surface area contributed by atoms with E-state index in [4.69, 9.17) is 0 Å². The Morgan fingerprint density at radius 2 is 1.57 bits per heavy atom. The van der Waals surface area contributed by atoms with Crippen LogP contribution < -0.4 is 5.32 Å². The molecular weight excluding hydrogens is 274 g/mol. The Morgan fingerprint density at radius 1 is 1.00 bits per heavy atom. The van der Waals surface area contributed by atoms with Crippen LogP contribution in [0, 0.1) is 0 Å². The number of hydrogen-bond donors (Lipinski definition) is 1. The van der Waals surface area contributed by atoms with E-state index in [1.165, 1.54) is 29.7 Å². The van der Waals surface area contributed by atoms with Crippen LogP contribution in [0.2, 0.25) is 0 Å². The third-order valence-electron chi connectivity index (χ3n) is 4.25. The van der Waals surface area contributed by atoms with E-state index in [1.807, 2.05) is 0 Å². The smallest absolute Gasteiger partial charge is 0.0577 e. The highest BCUT2D eigenvalue weighted by molar-refractivity contribution is 8.00. The van der Waals surface area contributed by atoms with Gasteiger partial charge in [0, 0.05) is 11.3 Å². The molecule has 1 unspecified atom stereocenters. The van der Waals surface area contributed by atoms with Gasteiger partial charge in [-0.05, 0) is 36.6 Å². The number of rotatable bonds is 5. The van der Waals surface area contributed by atoms with E-state index in [0.29, 0.717) is 4.75 Å². The molecule has 2 aromatic carbocycles. The normalized spacial score (nSPS) is 21.8. The van der Waals surface area contributed by atoms with Crippen LogP contribution in [0.15, 0.2) is 60.7 Å². The van der Waals surface area contributed by atoms with Gasteiger partial charge < -0.3 is 5.32 Å². The topological polar surface area (TPSA) is 12.0 Å². The molecule has 0 bridgehead atoms. The van der Waals surface area contributed by atoms with Crippen molar-refractivity contribution in [2.24, 2.45) is 0 Å². The largest absolute Gasteiger partial charge is 0.305 e. The van der Waals surface area contributed by atoms with Crippen LogP contribution in [-0.4, -0.2) is 17.0 Å². The lowest BCUT2D eigenvalue weighted by molar-refractivity contribution is 0.505. The van der Waals surface area contributed by atoms with Crippen LogP contribution in [-0.2, 0) is 0 Å². The molecule has 1 N–H and O–H groups in total. The molecule has 1 heterocycles. The van der Waals surface area contributed by atoms with Crippen molar-refractivity contribution >= 4 is 11.8 Å². The maximum absolute atomic E-state index is 3.81. The quantitative estimate of drug-likeness (QED) is 0.862. The summed E-state index contributed by atoms with van der Waals surface area (Å²) in [7, 11) is 0. The van der Waals surface area contributed by atoms with E-state index in [1.54, 1.807) is 0 Å². The van der Waals surface area contributed by atoms with Crippen LogP contribution in [0.25, 0.3) is 0 Å². The van der Waals surface area contributed by atoms with Gasteiger partial charge >= 0.3 is 0 Å². The molecule has 0 aliphatic carbocycles. The molecule has 1 atom stereocenters. The van der Waals surface area contributed by atoms with Crippen molar-refractivity contribution in [3.63, 3.8) is 0 Å². The highest BCUT2D eigenvalue weighted by atomic mass is 32.2. The van der Waals surface area contributed by atoms with Gasteiger partial charge in [0.2, 0.25) is 0 Å². The van der Waals surface area contributed by atoms with Gasteiger partial charge in [-0.25, -0.2) is 0 Å². The summed E-state index contributed by atoms with van der Waals surface area (Å²) in [6.07, 6.45) is 2.67. The second-order valence-corrected chi connectivity index (χ2v) is 7.72. The predicted octanol–water partition coefficient (Wildman–Crippen LogP) is 4.65. The highest BCUT2D eigenvalue weighted by Gasteiger charge is 2.30. The van der Waals surface area contributed by atoms with E-state index >= 15 is 0 Å². The van der Waals surface area contributed by atoms with Gasteiger partial charge in [0.25, 0.3) is 0 Å². The minimum absolute atomic E-state index is 0.283. The summed E-state index contributed by atoms with van der Waals surface area (Å²) in [6.45, 7) is 3.46. The molecule has 3 rings (SSSR count). The highest BCUT2D eigenvalue weighted by Crippen LogP contribution is 2.37. The lowest BCUT2D eigenvalue weighted by atomic mass is 9.97. The van der Waals surface area contributed by atoms with E-state index in [2.05, 4.69) is 84.7 Å². The summed E-state index contributed by atoms with van der Waals surface area (Å²) in [5, 5.41) is 3.81. The lowest BCUT2D eigenvalue weighted by Gasteiger charge is -2.28. The van der Waals surface area contributed by atoms with Crippen LogP contribution >= 0.6 is 11.8 Å². The zero-order valence-electron chi connectivity index (χ0n) is 12.6. The maximum Gasteiger partial charge on any atom is 0.0577 e. The maximum atomic E-state index is 3.81. The Kier molecular flexibility index (Phi) is 4.67. The average molecular weight is 297 g/mol. The first-order chi connectivity index (χ1) is 10.3. The van der Waals surface area contributed by atoms with Gasteiger partial charge in [-0.15, -0.1) is 0 Å².